The Balaban J connectivity index is 2.64. The highest BCUT2D eigenvalue weighted by Gasteiger charge is 2.11. The summed E-state index contributed by atoms with van der Waals surface area (Å²) in [6, 6.07) is 6.73. The first-order valence-electron chi connectivity index (χ1n) is 4.52. The highest BCUT2D eigenvalue weighted by atomic mass is 32.1. The van der Waals surface area contributed by atoms with E-state index in [-0.39, 0.29) is 5.56 Å². The predicted octanol–water partition coefficient (Wildman–Crippen LogP) is 3.68. The van der Waals surface area contributed by atoms with Crippen molar-refractivity contribution in [2.45, 2.75) is 6.92 Å². The molecule has 0 unspecified atom stereocenters. The Labute approximate surface area is 91.2 Å². The largest absolute Gasteiger partial charge is 0.298 e. The van der Waals surface area contributed by atoms with E-state index in [1.807, 2.05) is 18.4 Å². The summed E-state index contributed by atoms with van der Waals surface area (Å²) in [7, 11) is 0. The van der Waals surface area contributed by atoms with E-state index in [1.165, 1.54) is 6.07 Å². The molecule has 0 atom stereocenters. The third kappa shape index (κ3) is 1.70. The summed E-state index contributed by atoms with van der Waals surface area (Å²) < 4.78 is 13.8. The Hall–Kier alpha value is -1.48. The molecule has 0 aliphatic heterocycles. The Morgan fingerprint density at radius 3 is 2.67 bits per heavy atom. The molecule has 0 N–H and O–H groups in total. The lowest BCUT2D eigenvalue weighted by Crippen LogP contribution is -1.91. The van der Waals surface area contributed by atoms with E-state index < -0.39 is 5.82 Å². The molecule has 0 fully saturated rings. The molecule has 0 amide bonds. The maximum atomic E-state index is 13.8. The first-order chi connectivity index (χ1) is 7.24. The topological polar surface area (TPSA) is 17.1 Å². The van der Waals surface area contributed by atoms with Gasteiger partial charge in [-0.2, -0.15) is 0 Å². The van der Waals surface area contributed by atoms with Crippen molar-refractivity contribution in [3.63, 3.8) is 0 Å². The minimum atomic E-state index is -0.436. The number of carbonyl (C=O) groups excluding carboxylic acids is 1. The molecule has 1 aromatic carbocycles. The number of aldehydes is 1. The number of thiophene rings is 1. The zero-order valence-electron chi connectivity index (χ0n) is 8.16. The maximum absolute atomic E-state index is 13.8. The Kier molecular flexibility index (Phi) is 2.64. The van der Waals surface area contributed by atoms with Crippen LogP contribution in [0, 0.1) is 12.7 Å². The van der Waals surface area contributed by atoms with Crippen LogP contribution in [0.4, 0.5) is 4.39 Å². The zero-order chi connectivity index (χ0) is 10.8. The second kappa shape index (κ2) is 3.95. The molecule has 0 saturated heterocycles. The second-order valence-corrected chi connectivity index (χ2v) is 4.34. The number of hydrogen-bond donors (Lipinski definition) is 0. The number of carbonyl (C=O) groups is 1. The Bertz CT molecular complexity index is 502. The van der Waals surface area contributed by atoms with Crippen LogP contribution in [0.2, 0.25) is 0 Å². The molecule has 2 aromatic rings. The summed E-state index contributed by atoms with van der Waals surface area (Å²) in [4.78, 5) is 11.6. The van der Waals surface area contributed by atoms with E-state index >= 15 is 0 Å². The fraction of sp³-hybridized carbons (Fsp3) is 0.0833. The maximum Gasteiger partial charge on any atom is 0.153 e. The molecule has 3 heteroatoms. The summed E-state index contributed by atoms with van der Waals surface area (Å²) in [6.07, 6.45) is 0.542. The third-order valence-corrected chi connectivity index (χ3v) is 3.15. The summed E-state index contributed by atoms with van der Waals surface area (Å²) >= 11 is 1.57. The first kappa shape index (κ1) is 10.1. The van der Waals surface area contributed by atoms with Crippen LogP contribution in [0.1, 0.15) is 15.2 Å². The SMILES string of the molecule is Cc1sccc1-c1cccc(C=O)c1F. The number of aryl methyl sites for hydroxylation is 1. The predicted molar refractivity (Wildman–Crippen MR) is 59.8 cm³/mol. The van der Waals surface area contributed by atoms with Crippen molar-refractivity contribution in [1.82, 2.24) is 0 Å². The van der Waals surface area contributed by atoms with E-state index in [2.05, 4.69) is 0 Å². The van der Waals surface area contributed by atoms with Gasteiger partial charge in [0.1, 0.15) is 5.82 Å². The van der Waals surface area contributed by atoms with Gasteiger partial charge in [-0.25, -0.2) is 4.39 Å². The first-order valence-corrected chi connectivity index (χ1v) is 5.40. The molecule has 0 aliphatic rings. The average Bonchev–Trinajstić information content (AvgIpc) is 2.65. The van der Waals surface area contributed by atoms with Gasteiger partial charge < -0.3 is 0 Å². The van der Waals surface area contributed by atoms with Crippen LogP contribution in [0.15, 0.2) is 29.6 Å². The third-order valence-electron chi connectivity index (χ3n) is 2.30. The minimum absolute atomic E-state index is 0.109. The molecule has 2 rings (SSSR count). The van der Waals surface area contributed by atoms with Gasteiger partial charge in [0.25, 0.3) is 0 Å². The summed E-state index contributed by atoms with van der Waals surface area (Å²) in [5.74, 6) is -0.436. The normalized spacial score (nSPS) is 10.3. The summed E-state index contributed by atoms with van der Waals surface area (Å²) in [5, 5.41) is 1.91. The van der Waals surface area contributed by atoms with Gasteiger partial charge in [0.2, 0.25) is 0 Å². The molecule has 0 aliphatic carbocycles. The van der Waals surface area contributed by atoms with Crippen molar-refractivity contribution < 1.29 is 9.18 Å². The lowest BCUT2D eigenvalue weighted by Gasteiger charge is -2.03. The molecule has 15 heavy (non-hydrogen) atoms. The number of rotatable bonds is 2. The van der Waals surface area contributed by atoms with E-state index in [4.69, 9.17) is 0 Å². The quantitative estimate of drug-likeness (QED) is 0.706. The van der Waals surface area contributed by atoms with Crippen molar-refractivity contribution in [2.75, 3.05) is 0 Å². The van der Waals surface area contributed by atoms with E-state index in [0.717, 1.165) is 10.4 Å². The zero-order valence-corrected chi connectivity index (χ0v) is 8.98. The fourth-order valence-corrected chi connectivity index (χ4v) is 2.23. The van der Waals surface area contributed by atoms with Crippen molar-refractivity contribution in [3.8, 4) is 11.1 Å². The Morgan fingerprint density at radius 1 is 1.27 bits per heavy atom. The van der Waals surface area contributed by atoms with Crippen LogP contribution in [-0.2, 0) is 0 Å². The molecule has 1 heterocycles. The molecular weight excluding hydrogens is 211 g/mol. The van der Waals surface area contributed by atoms with Gasteiger partial charge in [-0.1, -0.05) is 12.1 Å². The lowest BCUT2D eigenvalue weighted by atomic mass is 10.0. The van der Waals surface area contributed by atoms with Crippen molar-refractivity contribution in [2.24, 2.45) is 0 Å². The summed E-state index contributed by atoms with van der Waals surface area (Å²) in [5.41, 5.74) is 1.47. The van der Waals surface area contributed by atoms with Crippen LogP contribution in [0.3, 0.4) is 0 Å². The van der Waals surface area contributed by atoms with E-state index in [1.54, 1.807) is 23.5 Å². The highest BCUT2D eigenvalue weighted by Crippen LogP contribution is 2.30. The minimum Gasteiger partial charge on any atom is -0.298 e. The average molecular weight is 220 g/mol. The van der Waals surface area contributed by atoms with Gasteiger partial charge in [0.15, 0.2) is 6.29 Å². The highest BCUT2D eigenvalue weighted by molar-refractivity contribution is 7.10. The second-order valence-electron chi connectivity index (χ2n) is 3.22. The van der Waals surface area contributed by atoms with Gasteiger partial charge in [0.05, 0.1) is 5.56 Å². The van der Waals surface area contributed by atoms with Crippen LogP contribution >= 0.6 is 11.3 Å². The summed E-state index contributed by atoms with van der Waals surface area (Å²) in [6.45, 7) is 1.94. The molecule has 0 bridgehead atoms. The molecule has 0 radical (unpaired) electrons. The van der Waals surface area contributed by atoms with Crippen LogP contribution in [0.25, 0.3) is 11.1 Å². The number of benzene rings is 1. The fourth-order valence-electron chi connectivity index (χ4n) is 1.51. The monoisotopic (exact) mass is 220 g/mol. The molecule has 1 aromatic heterocycles. The van der Waals surface area contributed by atoms with Crippen molar-refractivity contribution in [1.29, 1.82) is 0 Å². The number of hydrogen-bond acceptors (Lipinski definition) is 2. The Morgan fingerprint density at radius 2 is 2.07 bits per heavy atom. The number of halogens is 1. The van der Waals surface area contributed by atoms with Crippen molar-refractivity contribution >= 4 is 17.6 Å². The van der Waals surface area contributed by atoms with Gasteiger partial charge in [0, 0.05) is 10.4 Å². The van der Waals surface area contributed by atoms with Gasteiger partial charge in [-0.05, 0) is 30.0 Å². The van der Waals surface area contributed by atoms with Crippen LogP contribution in [-0.4, -0.2) is 6.29 Å². The van der Waals surface area contributed by atoms with Gasteiger partial charge >= 0.3 is 0 Å². The van der Waals surface area contributed by atoms with Gasteiger partial charge in [-0.15, -0.1) is 11.3 Å². The molecule has 0 spiro atoms. The van der Waals surface area contributed by atoms with Crippen molar-refractivity contribution in [3.05, 3.63) is 45.9 Å². The van der Waals surface area contributed by atoms with Gasteiger partial charge in [-0.3, -0.25) is 4.79 Å². The lowest BCUT2D eigenvalue weighted by molar-refractivity contribution is 0.112. The standard InChI is InChI=1S/C12H9FOS/c1-8-10(5-6-15-8)11-4-2-3-9(7-14)12(11)13/h2-7H,1H3. The molecule has 0 saturated carbocycles. The van der Waals surface area contributed by atoms with E-state index in [0.29, 0.717) is 11.8 Å². The van der Waals surface area contributed by atoms with Crippen LogP contribution < -0.4 is 0 Å². The van der Waals surface area contributed by atoms with E-state index in [9.17, 15) is 9.18 Å². The molecular formula is C12H9FOS. The molecule has 1 nitrogen and oxygen atoms in total. The molecule has 76 valence electrons. The van der Waals surface area contributed by atoms with Crippen LogP contribution in [0.5, 0.6) is 0 Å². The smallest absolute Gasteiger partial charge is 0.153 e.